The minimum atomic E-state index is -3.22. The van der Waals surface area contributed by atoms with E-state index in [4.69, 9.17) is 4.98 Å². The molecule has 3 aromatic heterocycles. The maximum Gasteiger partial charge on any atom is 0.211 e. The lowest BCUT2D eigenvalue weighted by Gasteiger charge is -2.33. The maximum atomic E-state index is 12.3. The Labute approximate surface area is 217 Å². The first kappa shape index (κ1) is 25.1. The van der Waals surface area contributed by atoms with Gasteiger partial charge in [-0.3, -0.25) is 9.36 Å². The standard InChI is InChI=1S/C26H32N8O2S/c1-32-17-21(14-29-32)19-7-6-8-20(13-19)25-28-16-24(22-15-30-33(2)18-22)26(31-25)27-11-10-23-9-4-5-12-34(23)37(3,35)36/h6-8,13-18,23H,4-5,9-12H2,1-3H3,(H,27,28,31). The number of rotatable bonds is 8. The summed E-state index contributed by atoms with van der Waals surface area (Å²) < 4.78 is 29.7. The van der Waals surface area contributed by atoms with Gasteiger partial charge in [0.05, 0.1) is 18.6 Å². The van der Waals surface area contributed by atoms with Gasteiger partial charge < -0.3 is 5.32 Å². The van der Waals surface area contributed by atoms with Crippen molar-refractivity contribution in [3.8, 4) is 33.6 Å². The normalized spacial score (nSPS) is 16.7. The van der Waals surface area contributed by atoms with E-state index in [-0.39, 0.29) is 6.04 Å². The number of benzene rings is 1. The smallest absolute Gasteiger partial charge is 0.211 e. The molecule has 1 N–H and O–H groups in total. The zero-order valence-corrected chi connectivity index (χ0v) is 22.2. The van der Waals surface area contributed by atoms with E-state index in [0.29, 0.717) is 31.2 Å². The number of anilines is 1. The summed E-state index contributed by atoms with van der Waals surface area (Å²) in [5, 5.41) is 12.1. The molecule has 0 bridgehead atoms. The average molecular weight is 521 g/mol. The van der Waals surface area contributed by atoms with Crippen molar-refractivity contribution < 1.29 is 8.42 Å². The van der Waals surface area contributed by atoms with Crippen LogP contribution in [0.3, 0.4) is 0 Å². The first-order valence-corrected chi connectivity index (χ1v) is 14.3. The number of nitrogens with zero attached hydrogens (tertiary/aromatic N) is 7. The minimum absolute atomic E-state index is 0.00411. The van der Waals surface area contributed by atoms with Crippen molar-refractivity contribution in [2.45, 2.75) is 31.7 Å². The fraction of sp³-hybridized carbons (Fsp3) is 0.385. The first-order valence-electron chi connectivity index (χ1n) is 12.4. The number of hydrogen-bond acceptors (Lipinski definition) is 7. The van der Waals surface area contributed by atoms with Crippen molar-refractivity contribution in [2.24, 2.45) is 14.1 Å². The number of piperidine rings is 1. The van der Waals surface area contributed by atoms with E-state index < -0.39 is 10.0 Å². The van der Waals surface area contributed by atoms with Gasteiger partial charge in [0.15, 0.2) is 5.82 Å². The Kier molecular flexibility index (Phi) is 7.07. The predicted molar refractivity (Wildman–Crippen MR) is 144 cm³/mol. The molecule has 0 spiro atoms. The second kappa shape index (κ2) is 10.4. The van der Waals surface area contributed by atoms with Crippen molar-refractivity contribution in [3.05, 3.63) is 55.2 Å². The van der Waals surface area contributed by atoms with Crippen LogP contribution in [0.25, 0.3) is 33.6 Å². The maximum absolute atomic E-state index is 12.3. The number of aromatic nitrogens is 6. The Balaban J connectivity index is 1.42. The highest BCUT2D eigenvalue weighted by Gasteiger charge is 2.29. The fourth-order valence-corrected chi connectivity index (χ4v) is 6.10. The van der Waals surface area contributed by atoms with E-state index in [1.165, 1.54) is 6.26 Å². The third-order valence-electron chi connectivity index (χ3n) is 6.73. The van der Waals surface area contributed by atoms with Crippen molar-refractivity contribution in [1.82, 2.24) is 33.8 Å². The van der Waals surface area contributed by atoms with Gasteiger partial charge in [0.25, 0.3) is 0 Å². The molecule has 1 aliphatic rings. The molecular formula is C26H32N8O2S. The van der Waals surface area contributed by atoms with Gasteiger partial charge in [0.1, 0.15) is 5.82 Å². The van der Waals surface area contributed by atoms with Gasteiger partial charge in [-0.25, -0.2) is 18.4 Å². The fourth-order valence-electron chi connectivity index (χ4n) is 4.89. The van der Waals surface area contributed by atoms with Crippen molar-refractivity contribution >= 4 is 15.8 Å². The molecule has 0 aliphatic carbocycles. The highest BCUT2D eigenvalue weighted by atomic mass is 32.2. The highest BCUT2D eigenvalue weighted by Crippen LogP contribution is 2.30. The van der Waals surface area contributed by atoms with Crippen LogP contribution >= 0.6 is 0 Å². The summed E-state index contributed by atoms with van der Waals surface area (Å²) in [5.41, 5.74) is 4.73. The zero-order valence-electron chi connectivity index (χ0n) is 21.4. The van der Waals surface area contributed by atoms with Crippen LogP contribution in [0.5, 0.6) is 0 Å². The molecule has 1 aromatic carbocycles. The molecule has 1 atom stereocenters. The third-order valence-corrected chi connectivity index (χ3v) is 8.07. The molecule has 10 nitrogen and oxygen atoms in total. The van der Waals surface area contributed by atoms with Crippen molar-refractivity contribution in [2.75, 3.05) is 24.7 Å². The summed E-state index contributed by atoms with van der Waals surface area (Å²) >= 11 is 0. The van der Waals surface area contributed by atoms with E-state index in [2.05, 4.69) is 26.6 Å². The minimum Gasteiger partial charge on any atom is -0.369 e. The number of nitrogens with one attached hydrogen (secondary N) is 1. The van der Waals surface area contributed by atoms with Gasteiger partial charge in [0.2, 0.25) is 10.0 Å². The second-order valence-corrected chi connectivity index (χ2v) is 11.5. The van der Waals surface area contributed by atoms with Crippen LogP contribution in [0.1, 0.15) is 25.7 Å². The molecule has 1 fully saturated rings. The second-order valence-electron chi connectivity index (χ2n) is 9.58. The topological polar surface area (TPSA) is 111 Å². The molecule has 0 amide bonds. The number of hydrogen-bond donors (Lipinski definition) is 1. The van der Waals surface area contributed by atoms with Crippen LogP contribution in [0.15, 0.2) is 55.2 Å². The lowest BCUT2D eigenvalue weighted by atomic mass is 10.0. The summed E-state index contributed by atoms with van der Waals surface area (Å²) in [6, 6.07) is 8.09. The Morgan fingerprint density at radius 1 is 0.973 bits per heavy atom. The van der Waals surface area contributed by atoms with Crippen LogP contribution in [-0.2, 0) is 24.1 Å². The number of sulfonamides is 1. The molecule has 4 heterocycles. The Bertz CT molecular complexity index is 1490. The van der Waals surface area contributed by atoms with Crippen LogP contribution < -0.4 is 5.32 Å². The monoisotopic (exact) mass is 520 g/mol. The van der Waals surface area contributed by atoms with Gasteiger partial charge in [-0.2, -0.15) is 14.5 Å². The van der Waals surface area contributed by atoms with Crippen LogP contribution in [0.4, 0.5) is 5.82 Å². The van der Waals surface area contributed by atoms with Crippen LogP contribution in [0, 0.1) is 0 Å². The van der Waals surface area contributed by atoms with Crippen LogP contribution in [-0.4, -0.2) is 67.6 Å². The van der Waals surface area contributed by atoms with Crippen molar-refractivity contribution in [3.63, 3.8) is 0 Å². The summed E-state index contributed by atoms with van der Waals surface area (Å²) in [6.45, 7) is 1.19. The van der Waals surface area contributed by atoms with E-state index in [9.17, 15) is 8.42 Å². The first-order chi connectivity index (χ1) is 17.8. The largest absolute Gasteiger partial charge is 0.369 e. The summed E-state index contributed by atoms with van der Waals surface area (Å²) in [6.07, 6.45) is 14.2. The lowest BCUT2D eigenvalue weighted by Crippen LogP contribution is -2.43. The quantitative estimate of drug-likeness (QED) is 0.378. The average Bonchev–Trinajstić information content (AvgIpc) is 3.52. The van der Waals surface area contributed by atoms with E-state index >= 15 is 0 Å². The Hall–Kier alpha value is -3.57. The molecule has 4 aromatic rings. The Morgan fingerprint density at radius 3 is 2.41 bits per heavy atom. The van der Waals surface area contributed by atoms with Gasteiger partial charge in [-0.05, 0) is 30.9 Å². The molecule has 11 heteroatoms. The predicted octanol–water partition coefficient (Wildman–Crippen LogP) is 3.56. The highest BCUT2D eigenvalue weighted by molar-refractivity contribution is 7.88. The molecular weight excluding hydrogens is 488 g/mol. The molecule has 1 aliphatic heterocycles. The molecule has 0 saturated carbocycles. The molecule has 194 valence electrons. The SMILES string of the molecule is Cn1cc(-c2cccc(-c3ncc(-c4cnn(C)c4)c(NCCC4CCCCN4S(C)(=O)=O)n3)c2)cn1. The summed E-state index contributed by atoms with van der Waals surface area (Å²) in [4.78, 5) is 9.59. The van der Waals surface area contributed by atoms with Gasteiger partial charge in [0, 0.05) is 74.1 Å². The van der Waals surface area contributed by atoms with Gasteiger partial charge in [-0.1, -0.05) is 24.6 Å². The van der Waals surface area contributed by atoms with E-state index in [1.807, 2.05) is 57.1 Å². The van der Waals surface area contributed by atoms with Gasteiger partial charge >= 0.3 is 0 Å². The number of aryl methyl sites for hydroxylation is 2. The van der Waals surface area contributed by atoms with Gasteiger partial charge in [-0.15, -0.1) is 0 Å². The lowest BCUT2D eigenvalue weighted by molar-refractivity contribution is 0.246. The molecule has 37 heavy (non-hydrogen) atoms. The molecule has 1 saturated heterocycles. The summed E-state index contributed by atoms with van der Waals surface area (Å²) in [5.74, 6) is 1.31. The Morgan fingerprint density at radius 2 is 1.70 bits per heavy atom. The van der Waals surface area contributed by atoms with Crippen molar-refractivity contribution in [1.29, 1.82) is 0 Å². The van der Waals surface area contributed by atoms with E-state index in [1.54, 1.807) is 19.9 Å². The molecule has 1 unspecified atom stereocenters. The molecule has 0 radical (unpaired) electrons. The summed E-state index contributed by atoms with van der Waals surface area (Å²) in [7, 11) is 0.547. The zero-order chi connectivity index (χ0) is 26.0. The van der Waals surface area contributed by atoms with Crippen LogP contribution in [0.2, 0.25) is 0 Å². The molecule has 5 rings (SSSR count). The van der Waals surface area contributed by atoms with E-state index in [0.717, 1.165) is 47.1 Å². The third kappa shape index (κ3) is 5.72.